The molecule has 0 unspecified atom stereocenters. The summed E-state index contributed by atoms with van der Waals surface area (Å²) in [6.07, 6.45) is 4.81. The summed E-state index contributed by atoms with van der Waals surface area (Å²) in [7, 11) is 0. The van der Waals surface area contributed by atoms with Crippen molar-refractivity contribution < 1.29 is 4.79 Å². The molecule has 0 aromatic carbocycles. The summed E-state index contributed by atoms with van der Waals surface area (Å²) in [5.74, 6) is 0.0365. The second-order valence-corrected chi connectivity index (χ2v) is 6.00. The molecule has 1 aliphatic heterocycles. The lowest BCUT2D eigenvalue weighted by molar-refractivity contribution is -0.121. The van der Waals surface area contributed by atoms with E-state index in [-0.39, 0.29) is 5.91 Å². The maximum atomic E-state index is 12.1. The monoisotopic (exact) mass is 324 g/mol. The molecule has 0 spiro atoms. The molecule has 0 atom stereocenters. The fourth-order valence-electron chi connectivity index (χ4n) is 3.02. The van der Waals surface area contributed by atoms with Crippen LogP contribution in [0.3, 0.4) is 0 Å². The molecule has 2 N–H and O–H groups in total. The Morgan fingerprint density at radius 1 is 1.38 bits per heavy atom. The minimum absolute atomic E-state index is 0.0365. The molecule has 0 fully saturated rings. The van der Waals surface area contributed by atoms with Gasteiger partial charge >= 0.3 is 0 Å². The van der Waals surface area contributed by atoms with Crippen LogP contribution in [0.1, 0.15) is 23.4 Å². The van der Waals surface area contributed by atoms with E-state index in [1.165, 1.54) is 5.69 Å². The molecule has 0 saturated heterocycles. The zero-order valence-electron chi connectivity index (χ0n) is 13.4. The molecule has 4 heterocycles. The Kier molecular flexibility index (Phi) is 4.00. The van der Waals surface area contributed by atoms with E-state index >= 15 is 0 Å². The van der Waals surface area contributed by atoms with Crippen molar-refractivity contribution in [2.24, 2.45) is 0 Å². The normalized spacial score (nSPS) is 13.8. The third-order valence-electron chi connectivity index (χ3n) is 4.31. The van der Waals surface area contributed by atoms with E-state index in [0.29, 0.717) is 19.4 Å². The van der Waals surface area contributed by atoms with Gasteiger partial charge in [-0.1, -0.05) is 6.07 Å². The van der Waals surface area contributed by atoms with Crippen LogP contribution < -0.4 is 10.6 Å². The topological polar surface area (TPSA) is 76.2 Å². The first kappa shape index (κ1) is 14.9. The molecule has 4 rings (SSSR count). The standard InChI is InChI=1S/C17H20N6O/c24-17(5-4-14-9-15-12-18-6-8-22(15)21-14)19-10-13-11-20-23-7-2-1-3-16(13)23/h1-3,7,9,11,18H,4-6,8,10,12H2,(H,19,24). The number of pyridine rings is 1. The SMILES string of the molecule is O=C(CCc1cc2n(n1)CCNC2)NCc1cnn2ccccc12. The van der Waals surface area contributed by atoms with E-state index in [9.17, 15) is 4.79 Å². The van der Waals surface area contributed by atoms with Crippen LogP contribution in [0.25, 0.3) is 5.52 Å². The van der Waals surface area contributed by atoms with Crippen LogP contribution in [0.5, 0.6) is 0 Å². The minimum atomic E-state index is 0.0365. The molecule has 0 aliphatic carbocycles. The van der Waals surface area contributed by atoms with Crippen molar-refractivity contribution in [2.75, 3.05) is 6.54 Å². The molecular weight excluding hydrogens is 304 g/mol. The fraction of sp³-hybridized carbons (Fsp3) is 0.353. The lowest BCUT2D eigenvalue weighted by atomic mass is 10.2. The molecule has 3 aromatic rings. The van der Waals surface area contributed by atoms with Crippen molar-refractivity contribution in [1.29, 1.82) is 0 Å². The largest absolute Gasteiger partial charge is 0.352 e. The van der Waals surface area contributed by atoms with Gasteiger partial charge in [0.25, 0.3) is 0 Å². The highest BCUT2D eigenvalue weighted by Gasteiger charge is 2.12. The van der Waals surface area contributed by atoms with E-state index in [1.54, 1.807) is 6.20 Å². The van der Waals surface area contributed by atoms with Gasteiger partial charge in [-0.2, -0.15) is 10.2 Å². The summed E-state index contributed by atoms with van der Waals surface area (Å²) >= 11 is 0. The van der Waals surface area contributed by atoms with Gasteiger partial charge in [0.1, 0.15) is 0 Å². The predicted octanol–water partition coefficient (Wildman–Crippen LogP) is 0.883. The number of amides is 1. The molecule has 3 aromatic heterocycles. The number of rotatable bonds is 5. The second kappa shape index (κ2) is 6.45. The quantitative estimate of drug-likeness (QED) is 0.730. The fourth-order valence-corrected chi connectivity index (χ4v) is 3.02. The first-order valence-corrected chi connectivity index (χ1v) is 8.24. The van der Waals surface area contributed by atoms with Crippen LogP contribution in [0.2, 0.25) is 0 Å². The average Bonchev–Trinajstić information content (AvgIpc) is 3.21. The Bertz CT molecular complexity index is 841. The van der Waals surface area contributed by atoms with Gasteiger partial charge in [0.2, 0.25) is 5.91 Å². The number of aryl methyl sites for hydroxylation is 1. The summed E-state index contributed by atoms with van der Waals surface area (Å²) in [6, 6.07) is 7.99. The van der Waals surface area contributed by atoms with Crippen molar-refractivity contribution in [1.82, 2.24) is 30.0 Å². The van der Waals surface area contributed by atoms with Gasteiger partial charge in [0, 0.05) is 44.2 Å². The summed E-state index contributed by atoms with van der Waals surface area (Å²) in [5, 5.41) is 15.1. The average molecular weight is 324 g/mol. The maximum Gasteiger partial charge on any atom is 0.220 e. The molecule has 24 heavy (non-hydrogen) atoms. The summed E-state index contributed by atoms with van der Waals surface area (Å²) in [6.45, 7) is 3.20. The van der Waals surface area contributed by atoms with Crippen LogP contribution in [-0.4, -0.2) is 31.8 Å². The Morgan fingerprint density at radius 3 is 3.25 bits per heavy atom. The number of hydrogen-bond donors (Lipinski definition) is 2. The Morgan fingerprint density at radius 2 is 2.33 bits per heavy atom. The summed E-state index contributed by atoms with van der Waals surface area (Å²) in [5.41, 5.74) is 4.22. The molecule has 7 heteroatoms. The van der Waals surface area contributed by atoms with Gasteiger partial charge in [-0.25, -0.2) is 4.52 Å². The van der Waals surface area contributed by atoms with Gasteiger partial charge in [0.15, 0.2) is 0 Å². The van der Waals surface area contributed by atoms with E-state index < -0.39 is 0 Å². The van der Waals surface area contributed by atoms with E-state index in [1.807, 2.05) is 33.6 Å². The molecule has 7 nitrogen and oxygen atoms in total. The lowest BCUT2D eigenvalue weighted by Crippen LogP contribution is -2.28. The number of hydrogen-bond acceptors (Lipinski definition) is 4. The maximum absolute atomic E-state index is 12.1. The molecule has 1 amide bonds. The molecule has 1 aliphatic rings. The van der Waals surface area contributed by atoms with Crippen molar-refractivity contribution in [3.05, 3.63) is 53.6 Å². The number of carbonyl (C=O) groups excluding carboxylic acids is 1. The number of fused-ring (bicyclic) bond motifs is 2. The third kappa shape index (κ3) is 3.03. The van der Waals surface area contributed by atoms with Crippen molar-refractivity contribution in [2.45, 2.75) is 32.5 Å². The number of nitrogens with one attached hydrogen (secondary N) is 2. The smallest absolute Gasteiger partial charge is 0.220 e. The highest BCUT2D eigenvalue weighted by Crippen LogP contribution is 2.11. The zero-order chi connectivity index (χ0) is 16.4. The third-order valence-corrected chi connectivity index (χ3v) is 4.31. The number of nitrogens with zero attached hydrogens (tertiary/aromatic N) is 4. The molecular formula is C17H20N6O. The Hall–Kier alpha value is -2.67. The molecule has 124 valence electrons. The van der Waals surface area contributed by atoms with E-state index in [2.05, 4.69) is 26.9 Å². The minimum Gasteiger partial charge on any atom is -0.352 e. The number of aromatic nitrogens is 4. The van der Waals surface area contributed by atoms with Crippen LogP contribution in [0.4, 0.5) is 0 Å². The van der Waals surface area contributed by atoms with Gasteiger partial charge in [-0.15, -0.1) is 0 Å². The first-order chi connectivity index (χ1) is 11.8. The first-order valence-electron chi connectivity index (χ1n) is 8.24. The highest BCUT2D eigenvalue weighted by molar-refractivity contribution is 5.76. The summed E-state index contributed by atoms with van der Waals surface area (Å²) in [4.78, 5) is 12.1. The van der Waals surface area contributed by atoms with E-state index in [4.69, 9.17) is 0 Å². The lowest BCUT2D eigenvalue weighted by Gasteiger charge is -2.13. The van der Waals surface area contributed by atoms with Gasteiger partial charge in [-0.3, -0.25) is 9.48 Å². The van der Waals surface area contributed by atoms with E-state index in [0.717, 1.165) is 36.4 Å². The highest BCUT2D eigenvalue weighted by atomic mass is 16.1. The zero-order valence-corrected chi connectivity index (χ0v) is 13.4. The van der Waals surface area contributed by atoms with Gasteiger partial charge in [0.05, 0.1) is 29.6 Å². The molecule has 0 bridgehead atoms. The van der Waals surface area contributed by atoms with Gasteiger partial charge < -0.3 is 10.6 Å². The van der Waals surface area contributed by atoms with Crippen LogP contribution in [0.15, 0.2) is 36.7 Å². The predicted molar refractivity (Wildman–Crippen MR) is 89.3 cm³/mol. The van der Waals surface area contributed by atoms with Crippen LogP contribution >= 0.6 is 0 Å². The van der Waals surface area contributed by atoms with Crippen molar-refractivity contribution in [3.63, 3.8) is 0 Å². The van der Waals surface area contributed by atoms with Crippen LogP contribution in [-0.2, 0) is 30.8 Å². The molecule has 0 saturated carbocycles. The Balaban J connectivity index is 1.31. The second-order valence-electron chi connectivity index (χ2n) is 6.00. The Labute approximate surface area is 139 Å². The molecule has 0 radical (unpaired) electrons. The van der Waals surface area contributed by atoms with Crippen molar-refractivity contribution in [3.8, 4) is 0 Å². The van der Waals surface area contributed by atoms with Crippen LogP contribution in [0, 0.1) is 0 Å². The summed E-state index contributed by atoms with van der Waals surface area (Å²) < 4.78 is 3.84. The van der Waals surface area contributed by atoms with Gasteiger partial charge in [-0.05, 0) is 18.2 Å². The van der Waals surface area contributed by atoms with Crippen molar-refractivity contribution >= 4 is 11.4 Å². The number of carbonyl (C=O) groups is 1.